The molecule has 0 atom stereocenters. The number of nitrogens with zero attached hydrogens (tertiary/aromatic N) is 2. The predicted octanol–water partition coefficient (Wildman–Crippen LogP) is 3.36. The quantitative estimate of drug-likeness (QED) is 0.940. The topological polar surface area (TPSA) is 63.1 Å². The summed E-state index contributed by atoms with van der Waals surface area (Å²) >= 11 is 5.74. The van der Waals surface area contributed by atoms with E-state index in [1.807, 2.05) is 0 Å². The van der Waals surface area contributed by atoms with Gasteiger partial charge in [0.25, 0.3) is 6.43 Å². The number of hydrogen-bond acceptors (Lipinski definition) is 3. The molecule has 2 rings (SSSR count). The lowest BCUT2D eigenvalue weighted by Gasteiger charge is -2.06. The van der Waals surface area contributed by atoms with Crippen LogP contribution in [0.25, 0.3) is 0 Å². The zero-order valence-electron chi connectivity index (χ0n) is 10.1. The number of carbonyl (C=O) groups is 1. The fourth-order valence-corrected chi connectivity index (χ4v) is 1.76. The summed E-state index contributed by atoms with van der Waals surface area (Å²) in [5.41, 5.74) is -0.561. The summed E-state index contributed by atoms with van der Waals surface area (Å²) in [6, 6.07) is 6.77. The molecule has 0 saturated heterocycles. The lowest BCUT2D eigenvalue weighted by molar-refractivity contribution is 0.0681. The number of alkyl halides is 2. The fraction of sp³-hybridized carbons (Fsp3) is 0.154. The number of hydrogen-bond donors (Lipinski definition) is 1. The van der Waals surface area contributed by atoms with Gasteiger partial charge in [0.2, 0.25) is 0 Å². The molecule has 20 heavy (non-hydrogen) atoms. The maximum atomic E-state index is 12.8. The first kappa shape index (κ1) is 14.3. The molecule has 0 aliphatic heterocycles. The third kappa shape index (κ3) is 3.27. The zero-order chi connectivity index (χ0) is 14.7. The minimum atomic E-state index is -2.96. The Morgan fingerprint density at radius 1 is 1.30 bits per heavy atom. The summed E-state index contributed by atoms with van der Waals surface area (Å²) in [6.45, 7) is 0. The Labute approximate surface area is 118 Å². The highest BCUT2D eigenvalue weighted by Crippen LogP contribution is 2.21. The van der Waals surface area contributed by atoms with E-state index in [-0.39, 0.29) is 12.2 Å². The highest BCUT2D eigenvalue weighted by molar-refractivity contribution is 6.30. The molecule has 0 spiro atoms. The number of carboxylic acids is 1. The van der Waals surface area contributed by atoms with Crippen LogP contribution in [0.1, 0.15) is 33.9 Å². The molecule has 0 aliphatic rings. The first-order chi connectivity index (χ1) is 9.47. The molecular formula is C13H9ClF2N2O2. The fourth-order valence-electron chi connectivity index (χ4n) is 1.63. The Hall–Kier alpha value is -2.08. The zero-order valence-corrected chi connectivity index (χ0v) is 10.8. The second-order valence-corrected chi connectivity index (χ2v) is 4.43. The first-order valence-corrected chi connectivity index (χ1v) is 5.97. The smallest absolute Gasteiger partial charge is 0.339 e. The predicted molar refractivity (Wildman–Crippen MR) is 68.2 cm³/mol. The average Bonchev–Trinajstić information content (AvgIpc) is 2.41. The van der Waals surface area contributed by atoms with Crippen LogP contribution >= 0.6 is 11.6 Å². The summed E-state index contributed by atoms with van der Waals surface area (Å²) in [5.74, 6) is -1.34. The van der Waals surface area contributed by atoms with Crippen molar-refractivity contribution in [3.63, 3.8) is 0 Å². The van der Waals surface area contributed by atoms with Gasteiger partial charge >= 0.3 is 5.97 Å². The summed E-state index contributed by atoms with van der Waals surface area (Å²) in [4.78, 5) is 18.2. The number of benzene rings is 1. The van der Waals surface area contributed by atoms with Gasteiger partial charge in [-0.1, -0.05) is 23.7 Å². The molecule has 2 aromatic rings. The maximum Gasteiger partial charge on any atom is 0.339 e. The van der Waals surface area contributed by atoms with Gasteiger partial charge in [0.15, 0.2) is 0 Å². The number of aromatic nitrogens is 2. The van der Waals surface area contributed by atoms with E-state index in [1.54, 1.807) is 24.3 Å². The van der Waals surface area contributed by atoms with Crippen molar-refractivity contribution in [1.29, 1.82) is 0 Å². The lowest BCUT2D eigenvalue weighted by Crippen LogP contribution is -2.09. The van der Waals surface area contributed by atoms with Gasteiger partial charge < -0.3 is 5.11 Å². The highest BCUT2D eigenvalue weighted by Gasteiger charge is 2.21. The van der Waals surface area contributed by atoms with Crippen LogP contribution in [0.3, 0.4) is 0 Å². The minimum absolute atomic E-state index is 0.132. The Morgan fingerprint density at radius 2 is 1.95 bits per heavy atom. The Bertz CT molecular complexity index is 633. The molecule has 1 aromatic heterocycles. The van der Waals surface area contributed by atoms with Gasteiger partial charge in [0, 0.05) is 17.6 Å². The highest BCUT2D eigenvalue weighted by atomic mass is 35.5. The monoisotopic (exact) mass is 298 g/mol. The van der Waals surface area contributed by atoms with E-state index in [1.165, 1.54) is 0 Å². The van der Waals surface area contributed by atoms with Crippen molar-refractivity contribution in [3.05, 3.63) is 58.1 Å². The van der Waals surface area contributed by atoms with E-state index in [9.17, 15) is 13.6 Å². The number of carboxylic acid groups (broad SMARTS) is 1. The van der Waals surface area contributed by atoms with Crippen LogP contribution in [-0.2, 0) is 6.42 Å². The Balaban J connectivity index is 2.31. The van der Waals surface area contributed by atoms with Crippen molar-refractivity contribution < 1.29 is 18.7 Å². The molecule has 0 aliphatic carbocycles. The Morgan fingerprint density at radius 3 is 2.50 bits per heavy atom. The normalized spacial score (nSPS) is 10.8. The molecule has 0 saturated carbocycles. The third-order valence-electron chi connectivity index (χ3n) is 2.58. The van der Waals surface area contributed by atoms with E-state index in [2.05, 4.69) is 9.97 Å². The summed E-state index contributed by atoms with van der Waals surface area (Å²) < 4.78 is 25.6. The second kappa shape index (κ2) is 5.92. The van der Waals surface area contributed by atoms with Gasteiger partial charge in [0.1, 0.15) is 17.1 Å². The van der Waals surface area contributed by atoms with Crippen LogP contribution in [0.15, 0.2) is 30.5 Å². The number of rotatable bonds is 4. The van der Waals surface area contributed by atoms with Gasteiger partial charge in [-0.25, -0.2) is 23.5 Å². The molecular weight excluding hydrogens is 290 g/mol. The van der Waals surface area contributed by atoms with Crippen LogP contribution in [0, 0.1) is 0 Å². The molecule has 4 nitrogen and oxygen atoms in total. The second-order valence-electron chi connectivity index (χ2n) is 3.99. The molecule has 7 heteroatoms. The van der Waals surface area contributed by atoms with E-state index in [0.717, 1.165) is 11.8 Å². The van der Waals surface area contributed by atoms with Gasteiger partial charge in [-0.15, -0.1) is 0 Å². The van der Waals surface area contributed by atoms with Crippen LogP contribution in [0.5, 0.6) is 0 Å². The van der Waals surface area contributed by atoms with Gasteiger partial charge in [-0.3, -0.25) is 0 Å². The van der Waals surface area contributed by atoms with Gasteiger partial charge in [-0.05, 0) is 17.7 Å². The van der Waals surface area contributed by atoms with Crippen LogP contribution in [0.2, 0.25) is 5.02 Å². The number of aromatic carboxylic acids is 1. The minimum Gasteiger partial charge on any atom is -0.478 e. The molecule has 0 fully saturated rings. The van der Waals surface area contributed by atoms with Crippen LogP contribution < -0.4 is 0 Å². The largest absolute Gasteiger partial charge is 0.478 e. The maximum absolute atomic E-state index is 12.8. The summed E-state index contributed by atoms with van der Waals surface area (Å²) in [5, 5.41) is 9.36. The van der Waals surface area contributed by atoms with Crippen molar-refractivity contribution >= 4 is 17.6 Å². The standard InChI is InChI=1S/C13H9ClF2N2O2/c14-8-3-1-7(2-4-8)5-10-17-6-9(13(19)20)11(18-10)12(15)16/h1-4,6,12H,5H2,(H,19,20). The summed E-state index contributed by atoms with van der Waals surface area (Å²) in [6.07, 6.45) is -1.84. The van der Waals surface area contributed by atoms with Gasteiger partial charge in [-0.2, -0.15) is 0 Å². The van der Waals surface area contributed by atoms with E-state index >= 15 is 0 Å². The SMILES string of the molecule is O=C(O)c1cnc(Cc2ccc(Cl)cc2)nc1C(F)F. The van der Waals surface area contributed by atoms with Crippen molar-refractivity contribution in [1.82, 2.24) is 9.97 Å². The molecule has 1 aromatic carbocycles. The average molecular weight is 299 g/mol. The van der Waals surface area contributed by atoms with Crippen molar-refractivity contribution in [3.8, 4) is 0 Å². The molecule has 1 heterocycles. The van der Waals surface area contributed by atoms with Crippen molar-refractivity contribution in [2.75, 3.05) is 0 Å². The lowest BCUT2D eigenvalue weighted by atomic mass is 10.1. The molecule has 0 radical (unpaired) electrons. The molecule has 0 unspecified atom stereocenters. The first-order valence-electron chi connectivity index (χ1n) is 5.59. The third-order valence-corrected chi connectivity index (χ3v) is 2.83. The molecule has 1 N–H and O–H groups in total. The van der Waals surface area contributed by atoms with E-state index < -0.39 is 23.7 Å². The van der Waals surface area contributed by atoms with E-state index in [0.29, 0.717) is 5.02 Å². The molecule has 0 bridgehead atoms. The summed E-state index contributed by atoms with van der Waals surface area (Å²) in [7, 11) is 0. The van der Waals surface area contributed by atoms with Crippen LogP contribution in [0.4, 0.5) is 8.78 Å². The van der Waals surface area contributed by atoms with Gasteiger partial charge in [0.05, 0.1) is 0 Å². The van der Waals surface area contributed by atoms with Crippen LogP contribution in [-0.4, -0.2) is 21.0 Å². The number of halogens is 3. The van der Waals surface area contributed by atoms with Crippen molar-refractivity contribution in [2.24, 2.45) is 0 Å². The molecule has 0 amide bonds. The molecule has 104 valence electrons. The van der Waals surface area contributed by atoms with Crippen molar-refractivity contribution in [2.45, 2.75) is 12.8 Å². The van der Waals surface area contributed by atoms with E-state index in [4.69, 9.17) is 16.7 Å². The Kier molecular flexibility index (Phi) is 4.24.